The Morgan fingerprint density at radius 1 is 0.657 bits per heavy atom. The monoisotopic (exact) mass is 468 g/mol. The van der Waals surface area contributed by atoms with Gasteiger partial charge in [0.2, 0.25) is 0 Å². The van der Waals surface area contributed by atoms with Crippen LogP contribution in [0.3, 0.4) is 0 Å². The fraction of sp³-hybridized carbons (Fsp3) is 0.103. The lowest BCUT2D eigenvalue weighted by Gasteiger charge is -2.43. The van der Waals surface area contributed by atoms with E-state index in [0.29, 0.717) is 11.1 Å². The zero-order chi connectivity index (χ0) is 25.3. The van der Waals surface area contributed by atoms with Crippen LogP contribution < -0.4 is 10.6 Å². The second-order valence-electron chi connectivity index (χ2n) is 7.88. The molecule has 0 bridgehead atoms. The molecule has 0 saturated heterocycles. The summed E-state index contributed by atoms with van der Waals surface area (Å²) >= 11 is 0. The molecule has 4 aromatic rings. The lowest BCUT2D eigenvalue weighted by atomic mass is 9.80. The number of benzene rings is 4. The summed E-state index contributed by atoms with van der Waals surface area (Å²) in [5, 5.41) is 18.6. The summed E-state index contributed by atoms with van der Waals surface area (Å²) in [6.07, 6.45) is 0. The topological polar surface area (TPSA) is 104 Å². The summed E-state index contributed by atoms with van der Waals surface area (Å²) in [5.41, 5.74) is 6.37. The number of hydrogen-bond donors (Lipinski definition) is 3. The van der Waals surface area contributed by atoms with Crippen molar-refractivity contribution >= 4 is 23.3 Å². The predicted molar refractivity (Wildman–Crippen MR) is 138 cm³/mol. The van der Waals surface area contributed by atoms with Gasteiger partial charge in [-0.25, -0.2) is 4.79 Å². The van der Waals surface area contributed by atoms with E-state index >= 15 is 0 Å². The van der Waals surface area contributed by atoms with Crippen molar-refractivity contribution in [3.05, 3.63) is 132 Å². The van der Waals surface area contributed by atoms with E-state index < -0.39 is 23.5 Å². The minimum Gasteiger partial charge on any atom is -0.480 e. The van der Waals surface area contributed by atoms with E-state index in [2.05, 4.69) is 0 Å². The second kappa shape index (κ2) is 11.6. The van der Waals surface area contributed by atoms with Crippen molar-refractivity contribution in [2.75, 3.05) is 4.90 Å². The van der Waals surface area contributed by atoms with E-state index in [1.807, 2.05) is 126 Å². The number of nitrogens with two attached hydrogens (primary N) is 1. The summed E-state index contributed by atoms with van der Waals surface area (Å²) < 4.78 is 0. The Kier molecular flexibility index (Phi) is 8.38. The maximum atomic E-state index is 13.2. The van der Waals surface area contributed by atoms with Gasteiger partial charge >= 0.3 is 11.9 Å². The average molecular weight is 469 g/mol. The third kappa shape index (κ3) is 5.57. The average Bonchev–Trinajstić information content (AvgIpc) is 2.89. The molecular weight excluding hydrogens is 440 g/mol. The lowest BCUT2D eigenvalue weighted by molar-refractivity contribution is -0.142. The second-order valence-corrected chi connectivity index (χ2v) is 7.88. The molecule has 0 fully saturated rings. The van der Waals surface area contributed by atoms with Crippen LogP contribution in [0.4, 0.5) is 11.4 Å². The molecule has 6 nitrogen and oxygen atoms in total. The molecule has 0 spiro atoms. The first kappa shape index (κ1) is 25.2. The fourth-order valence-corrected chi connectivity index (χ4v) is 3.82. The van der Waals surface area contributed by atoms with Crippen LogP contribution in [-0.2, 0) is 15.1 Å². The number of carboxylic acids is 2. The van der Waals surface area contributed by atoms with Gasteiger partial charge in [-0.15, -0.1) is 0 Å². The lowest BCUT2D eigenvalue weighted by Crippen LogP contribution is -2.51. The smallest absolute Gasteiger partial charge is 0.339 e. The highest BCUT2D eigenvalue weighted by Crippen LogP contribution is 2.44. The molecular formula is C29H28N2O4. The van der Waals surface area contributed by atoms with E-state index in [-0.39, 0.29) is 0 Å². The molecule has 0 heterocycles. The number of nitrogens with zero attached hydrogens (tertiary/aromatic N) is 1. The van der Waals surface area contributed by atoms with E-state index in [4.69, 9.17) is 10.8 Å². The number of carbonyl (C=O) groups is 2. The molecule has 4 aromatic carbocycles. The van der Waals surface area contributed by atoms with Crippen molar-refractivity contribution in [1.29, 1.82) is 0 Å². The van der Waals surface area contributed by atoms with Crippen LogP contribution >= 0.6 is 0 Å². The maximum absolute atomic E-state index is 13.2. The van der Waals surface area contributed by atoms with Crippen molar-refractivity contribution in [3.63, 3.8) is 0 Å². The molecule has 0 aliphatic rings. The van der Waals surface area contributed by atoms with Crippen LogP contribution in [0.1, 0.15) is 18.1 Å². The van der Waals surface area contributed by atoms with Crippen molar-refractivity contribution in [2.45, 2.75) is 18.5 Å². The minimum absolute atomic E-state index is 0.686. The van der Waals surface area contributed by atoms with Crippen LogP contribution in [0, 0.1) is 0 Å². The van der Waals surface area contributed by atoms with Gasteiger partial charge in [0.25, 0.3) is 0 Å². The van der Waals surface area contributed by atoms with Crippen LogP contribution in [0.25, 0.3) is 0 Å². The molecule has 6 heteroatoms. The zero-order valence-corrected chi connectivity index (χ0v) is 19.4. The number of para-hydroxylation sites is 2. The summed E-state index contributed by atoms with van der Waals surface area (Å²) in [6.45, 7) is 1.42. The Morgan fingerprint density at radius 3 is 1.20 bits per heavy atom. The van der Waals surface area contributed by atoms with Crippen LogP contribution in [0.5, 0.6) is 0 Å². The zero-order valence-electron chi connectivity index (χ0n) is 19.4. The first-order valence-corrected chi connectivity index (χ1v) is 11.1. The number of carboxylic acid groups (broad SMARTS) is 2. The molecule has 1 atom stereocenters. The molecule has 178 valence electrons. The molecule has 4 N–H and O–H groups in total. The van der Waals surface area contributed by atoms with Gasteiger partial charge in [-0.1, -0.05) is 97.1 Å². The van der Waals surface area contributed by atoms with Gasteiger partial charge in [0, 0.05) is 11.4 Å². The fourth-order valence-electron chi connectivity index (χ4n) is 3.82. The third-order valence-electron chi connectivity index (χ3n) is 5.45. The SMILES string of the molecule is CC(N)C(=O)O.O=C(O)C(c1ccccc1)(c1ccccc1)N(c1ccccc1)c1ccccc1. The van der Waals surface area contributed by atoms with E-state index in [1.54, 1.807) is 0 Å². The first-order valence-electron chi connectivity index (χ1n) is 11.1. The van der Waals surface area contributed by atoms with Crippen LogP contribution in [0.2, 0.25) is 0 Å². The van der Waals surface area contributed by atoms with Gasteiger partial charge in [0.05, 0.1) is 0 Å². The van der Waals surface area contributed by atoms with Crippen molar-refractivity contribution in [3.8, 4) is 0 Å². The Balaban J connectivity index is 0.000000509. The molecule has 0 saturated carbocycles. The summed E-state index contributed by atoms with van der Waals surface area (Å²) in [7, 11) is 0. The summed E-state index contributed by atoms with van der Waals surface area (Å²) in [4.78, 5) is 24.6. The van der Waals surface area contributed by atoms with Gasteiger partial charge in [-0.05, 0) is 42.3 Å². The molecule has 4 rings (SSSR count). The normalized spacial score (nSPS) is 11.5. The van der Waals surface area contributed by atoms with Crippen molar-refractivity contribution in [1.82, 2.24) is 0 Å². The molecule has 0 aliphatic carbocycles. The van der Waals surface area contributed by atoms with E-state index in [0.717, 1.165) is 11.4 Å². The van der Waals surface area contributed by atoms with Gasteiger partial charge in [-0.2, -0.15) is 0 Å². The highest BCUT2D eigenvalue weighted by Gasteiger charge is 2.48. The standard InChI is InChI=1S/C26H21NO2.C3H7NO2/c28-25(29)26(21-13-5-1-6-14-21,22-15-7-2-8-16-22)27(23-17-9-3-10-18-23)24-19-11-4-12-20-24;1-2(4)3(5)6/h1-20H,(H,28,29);2H,4H2,1H3,(H,5,6). The Bertz CT molecular complexity index is 1140. The third-order valence-corrected chi connectivity index (χ3v) is 5.45. The van der Waals surface area contributed by atoms with Crippen LogP contribution in [-0.4, -0.2) is 28.2 Å². The summed E-state index contributed by atoms with van der Waals surface area (Å²) in [6, 6.07) is 37.4. The van der Waals surface area contributed by atoms with Crippen LogP contribution in [0.15, 0.2) is 121 Å². The van der Waals surface area contributed by atoms with Gasteiger partial charge in [-0.3, -0.25) is 4.79 Å². The largest absolute Gasteiger partial charge is 0.480 e. The van der Waals surface area contributed by atoms with Gasteiger partial charge in [0.15, 0.2) is 5.54 Å². The number of aliphatic carboxylic acids is 2. The van der Waals surface area contributed by atoms with Crippen molar-refractivity contribution < 1.29 is 19.8 Å². The minimum atomic E-state index is -1.44. The Hall–Kier alpha value is -4.42. The molecule has 0 amide bonds. The van der Waals surface area contributed by atoms with Gasteiger partial charge in [0.1, 0.15) is 6.04 Å². The number of anilines is 2. The molecule has 0 aliphatic heterocycles. The van der Waals surface area contributed by atoms with E-state index in [9.17, 15) is 14.7 Å². The number of hydrogen-bond acceptors (Lipinski definition) is 4. The Labute approximate surface area is 204 Å². The van der Waals surface area contributed by atoms with E-state index in [1.165, 1.54) is 6.92 Å². The highest BCUT2D eigenvalue weighted by atomic mass is 16.4. The molecule has 35 heavy (non-hydrogen) atoms. The van der Waals surface area contributed by atoms with Gasteiger partial charge < -0.3 is 20.8 Å². The Morgan fingerprint density at radius 2 is 0.943 bits per heavy atom. The highest BCUT2D eigenvalue weighted by molar-refractivity contribution is 5.93. The van der Waals surface area contributed by atoms with Crippen molar-refractivity contribution in [2.24, 2.45) is 5.73 Å². The molecule has 0 aromatic heterocycles. The quantitative estimate of drug-likeness (QED) is 0.341. The first-order chi connectivity index (χ1) is 16.9. The number of rotatable bonds is 7. The molecule has 1 unspecified atom stereocenters. The molecule has 0 radical (unpaired) electrons. The maximum Gasteiger partial charge on any atom is 0.339 e. The summed E-state index contributed by atoms with van der Waals surface area (Å²) in [5.74, 6) is -1.90. The predicted octanol–water partition coefficient (Wildman–Crippen LogP) is 5.27.